The predicted octanol–water partition coefficient (Wildman–Crippen LogP) is 4.27. The molecule has 2 aromatic carbocycles. The Hall–Kier alpha value is -2.46. The molecule has 4 heteroatoms. The second kappa shape index (κ2) is 7.70. The van der Waals surface area contributed by atoms with Gasteiger partial charge in [-0.3, -0.25) is 5.10 Å². The molecule has 0 aliphatic carbocycles. The Morgan fingerprint density at radius 1 is 1.00 bits per heavy atom. The van der Waals surface area contributed by atoms with Gasteiger partial charge in [0.15, 0.2) is 11.6 Å². The molecule has 3 rings (SSSR count). The van der Waals surface area contributed by atoms with Gasteiger partial charge in [0.1, 0.15) is 0 Å². The first kappa shape index (κ1) is 16.9. The number of aromatic amines is 1. The molecule has 0 aliphatic heterocycles. The molecular formula is C19H23N3O. The van der Waals surface area contributed by atoms with Gasteiger partial charge in [0.25, 0.3) is 0 Å². The summed E-state index contributed by atoms with van der Waals surface area (Å²) < 4.78 is 0. The molecule has 4 nitrogen and oxygen atoms in total. The van der Waals surface area contributed by atoms with Gasteiger partial charge < -0.3 is 5.11 Å². The summed E-state index contributed by atoms with van der Waals surface area (Å²) in [4.78, 5) is 4.55. The van der Waals surface area contributed by atoms with Crippen LogP contribution in [0, 0.1) is 13.8 Å². The lowest BCUT2D eigenvalue weighted by atomic mass is 10.1. The molecule has 0 bridgehead atoms. The third-order valence-corrected chi connectivity index (χ3v) is 3.69. The van der Waals surface area contributed by atoms with Crippen LogP contribution in [0.3, 0.4) is 0 Å². The number of benzene rings is 2. The van der Waals surface area contributed by atoms with E-state index in [1.807, 2.05) is 44.2 Å². The maximum absolute atomic E-state index is 9.41. The number of hydrogen-bond donors (Lipinski definition) is 2. The summed E-state index contributed by atoms with van der Waals surface area (Å²) >= 11 is 0. The zero-order valence-corrected chi connectivity index (χ0v) is 14.1. The van der Waals surface area contributed by atoms with Crippen LogP contribution in [0.15, 0.2) is 42.5 Å². The van der Waals surface area contributed by atoms with Gasteiger partial charge in [-0.1, -0.05) is 50.2 Å². The van der Waals surface area contributed by atoms with Crippen LogP contribution in [0.5, 0.6) is 0 Å². The van der Waals surface area contributed by atoms with E-state index in [4.69, 9.17) is 0 Å². The molecule has 0 amide bonds. The minimum Gasteiger partial charge on any atom is -0.392 e. The van der Waals surface area contributed by atoms with Gasteiger partial charge in [0.2, 0.25) is 0 Å². The van der Waals surface area contributed by atoms with Crippen LogP contribution in [0.2, 0.25) is 0 Å². The van der Waals surface area contributed by atoms with Gasteiger partial charge in [-0.25, -0.2) is 4.98 Å². The normalized spacial score (nSPS) is 10.1. The smallest absolute Gasteiger partial charge is 0.181 e. The van der Waals surface area contributed by atoms with Crippen LogP contribution in [-0.2, 0) is 6.61 Å². The van der Waals surface area contributed by atoms with Crippen molar-refractivity contribution < 1.29 is 5.11 Å². The van der Waals surface area contributed by atoms with E-state index < -0.39 is 0 Å². The van der Waals surface area contributed by atoms with E-state index in [1.54, 1.807) is 0 Å². The molecule has 0 radical (unpaired) electrons. The Balaban J connectivity index is 0.000000924. The molecule has 1 aromatic heterocycles. The van der Waals surface area contributed by atoms with E-state index in [1.165, 1.54) is 11.1 Å². The van der Waals surface area contributed by atoms with Crippen LogP contribution in [0.25, 0.3) is 22.8 Å². The van der Waals surface area contributed by atoms with Crippen molar-refractivity contribution in [3.63, 3.8) is 0 Å². The highest BCUT2D eigenvalue weighted by atomic mass is 16.3. The van der Waals surface area contributed by atoms with Crippen LogP contribution in [0.1, 0.15) is 30.5 Å². The van der Waals surface area contributed by atoms with Gasteiger partial charge in [0.05, 0.1) is 6.61 Å². The molecule has 3 aromatic rings. The van der Waals surface area contributed by atoms with Crippen molar-refractivity contribution in [2.45, 2.75) is 34.3 Å². The molecule has 0 fully saturated rings. The summed E-state index contributed by atoms with van der Waals surface area (Å²) in [6.45, 7) is 8.14. The van der Waals surface area contributed by atoms with Crippen LogP contribution >= 0.6 is 0 Å². The molecule has 23 heavy (non-hydrogen) atoms. The van der Waals surface area contributed by atoms with Crippen LogP contribution in [-0.4, -0.2) is 20.3 Å². The molecule has 0 aliphatic rings. The largest absolute Gasteiger partial charge is 0.392 e. The highest BCUT2D eigenvalue weighted by Crippen LogP contribution is 2.24. The second-order valence-electron chi connectivity index (χ2n) is 5.12. The number of aromatic nitrogens is 3. The van der Waals surface area contributed by atoms with E-state index in [2.05, 4.69) is 41.2 Å². The molecule has 1 heterocycles. The zero-order chi connectivity index (χ0) is 16.8. The highest BCUT2D eigenvalue weighted by molar-refractivity contribution is 5.64. The van der Waals surface area contributed by atoms with Crippen LogP contribution < -0.4 is 0 Å². The topological polar surface area (TPSA) is 61.8 Å². The van der Waals surface area contributed by atoms with E-state index in [0.717, 1.165) is 16.7 Å². The number of rotatable bonds is 3. The molecule has 0 saturated heterocycles. The van der Waals surface area contributed by atoms with Crippen molar-refractivity contribution in [1.82, 2.24) is 15.2 Å². The quantitative estimate of drug-likeness (QED) is 0.759. The van der Waals surface area contributed by atoms with Gasteiger partial charge in [-0.05, 0) is 36.6 Å². The Labute approximate surface area is 137 Å². The predicted molar refractivity (Wildman–Crippen MR) is 94.0 cm³/mol. The molecule has 0 spiro atoms. The van der Waals surface area contributed by atoms with Crippen molar-refractivity contribution in [3.8, 4) is 22.8 Å². The maximum atomic E-state index is 9.41. The summed E-state index contributed by atoms with van der Waals surface area (Å²) in [7, 11) is 0. The summed E-state index contributed by atoms with van der Waals surface area (Å²) in [6.07, 6.45) is 0. The van der Waals surface area contributed by atoms with Crippen molar-refractivity contribution in [2.24, 2.45) is 0 Å². The maximum Gasteiger partial charge on any atom is 0.181 e. The Morgan fingerprint density at radius 2 is 1.74 bits per heavy atom. The van der Waals surface area contributed by atoms with E-state index in [0.29, 0.717) is 11.6 Å². The number of hydrogen-bond acceptors (Lipinski definition) is 3. The van der Waals surface area contributed by atoms with Crippen molar-refractivity contribution in [1.29, 1.82) is 0 Å². The highest BCUT2D eigenvalue weighted by Gasteiger charge is 2.11. The summed E-state index contributed by atoms with van der Waals surface area (Å²) in [6, 6.07) is 13.8. The fourth-order valence-corrected chi connectivity index (χ4v) is 2.28. The first-order valence-electron chi connectivity index (χ1n) is 7.88. The first-order valence-corrected chi connectivity index (χ1v) is 7.88. The average molecular weight is 309 g/mol. The first-order chi connectivity index (χ1) is 11.2. The van der Waals surface area contributed by atoms with Crippen molar-refractivity contribution in [2.75, 3.05) is 0 Å². The monoisotopic (exact) mass is 309 g/mol. The minimum absolute atomic E-state index is 0.0180. The van der Waals surface area contributed by atoms with E-state index in [9.17, 15) is 5.11 Å². The molecule has 0 saturated carbocycles. The molecule has 2 N–H and O–H groups in total. The Bertz CT molecular complexity index is 778. The Morgan fingerprint density at radius 3 is 2.43 bits per heavy atom. The summed E-state index contributed by atoms with van der Waals surface area (Å²) in [5.41, 5.74) is 5.17. The molecule has 0 unspecified atom stereocenters. The number of nitrogens with zero attached hydrogens (tertiary/aromatic N) is 2. The van der Waals surface area contributed by atoms with E-state index >= 15 is 0 Å². The summed E-state index contributed by atoms with van der Waals surface area (Å²) in [5, 5.41) is 16.7. The SMILES string of the molecule is CC.Cc1ccc(-c2n[nH]c(-c3ccccc3CO)n2)cc1C. The van der Waals surface area contributed by atoms with Crippen LogP contribution in [0.4, 0.5) is 0 Å². The van der Waals surface area contributed by atoms with Crippen molar-refractivity contribution >= 4 is 0 Å². The summed E-state index contributed by atoms with van der Waals surface area (Å²) in [5.74, 6) is 1.34. The van der Waals surface area contributed by atoms with Crippen molar-refractivity contribution in [3.05, 3.63) is 59.2 Å². The fourth-order valence-electron chi connectivity index (χ4n) is 2.28. The number of aryl methyl sites for hydroxylation is 2. The molecule has 0 atom stereocenters. The lowest BCUT2D eigenvalue weighted by molar-refractivity contribution is 0.282. The lowest BCUT2D eigenvalue weighted by Crippen LogP contribution is -1.90. The van der Waals surface area contributed by atoms with Gasteiger partial charge in [-0.2, -0.15) is 5.10 Å². The number of H-pyrrole nitrogens is 1. The second-order valence-corrected chi connectivity index (χ2v) is 5.12. The number of aliphatic hydroxyl groups excluding tert-OH is 1. The molecule has 120 valence electrons. The lowest BCUT2D eigenvalue weighted by Gasteiger charge is -2.03. The van der Waals surface area contributed by atoms with Gasteiger partial charge >= 0.3 is 0 Å². The third-order valence-electron chi connectivity index (χ3n) is 3.69. The van der Waals surface area contributed by atoms with Gasteiger partial charge in [-0.15, -0.1) is 0 Å². The average Bonchev–Trinajstić information content (AvgIpc) is 3.09. The standard InChI is InChI=1S/C17H17N3O.C2H6/c1-11-7-8-13(9-12(11)2)16-18-17(20-19-16)15-6-4-3-5-14(15)10-21;1-2/h3-9,21H,10H2,1-2H3,(H,18,19,20);1-2H3. The molecular weight excluding hydrogens is 286 g/mol. The van der Waals surface area contributed by atoms with E-state index in [-0.39, 0.29) is 6.61 Å². The minimum atomic E-state index is -0.0180. The fraction of sp³-hybridized carbons (Fsp3) is 0.263. The third kappa shape index (κ3) is 3.66. The zero-order valence-electron chi connectivity index (χ0n) is 14.1. The van der Waals surface area contributed by atoms with Gasteiger partial charge in [0, 0.05) is 11.1 Å². The number of nitrogens with one attached hydrogen (secondary N) is 1. The Kier molecular flexibility index (Phi) is 5.66. The number of aliphatic hydroxyl groups is 1.